The fraction of sp³-hybridized carbons (Fsp3) is 0.650. The fourth-order valence-corrected chi connectivity index (χ4v) is 3.20. The number of ether oxygens (including phenoxy) is 1. The third kappa shape index (κ3) is 5.52. The number of carbonyl (C=O) groups is 1. The van der Waals surface area contributed by atoms with Gasteiger partial charge in [-0.1, -0.05) is 37.3 Å². The number of nitrogens with zero attached hydrogens (tertiary/aromatic N) is 1. The average molecular weight is 332 g/mol. The van der Waals surface area contributed by atoms with Crippen molar-refractivity contribution in [2.45, 2.75) is 59.1 Å². The molecule has 1 aromatic carbocycles. The first-order valence-electron chi connectivity index (χ1n) is 8.95. The minimum atomic E-state index is -0.439. The van der Waals surface area contributed by atoms with Gasteiger partial charge in [-0.05, 0) is 51.5 Å². The highest BCUT2D eigenvalue weighted by Crippen LogP contribution is 2.30. The lowest BCUT2D eigenvalue weighted by Gasteiger charge is -2.41. The van der Waals surface area contributed by atoms with E-state index in [4.69, 9.17) is 4.74 Å². The topological polar surface area (TPSA) is 41.6 Å². The number of hydrogen-bond donors (Lipinski definition) is 1. The standard InChI is InChI=1S/C20H32N2O2/c1-16(17-10-7-6-8-11-17)21-14-20(5)12-9-13-22(15-20)18(23)24-19(2,3)4/h6-8,10-11,16,21H,9,12-15H2,1-5H3/t16-,20?/m1/s1. The highest BCUT2D eigenvalue weighted by molar-refractivity contribution is 5.68. The van der Waals surface area contributed by atoms with Crippen LogP contribution in [0.5, 0.6) is 0 Å². The van der Waals surface area contributed by atoms with E-state index in [-0.39, 0.29) is 11.5 Å². The number of likely N-dealkylation sites (tertiary alicyclic amines) is 1. The molecule has 1 saturated heterocycles. The molecule has 1 aromatic rings. The second-order valence-corrected chi connectivity index (χ2v) is 8.33. The average Bonchev–Trinajstić information content (AvgIpc) is 2.52. The summed E-state index contributed by atoms with van der Waals surface area (Å²) in [4.78, 5) is 14.2. The van der Waals surface area contributed by atoms with E-state index in [2.05, 4.69) is 43.4 Å². The molecular formula is C20H32N2O2. The smallest absolute Gasteiger partial charge is 0.410 e. The second-order valence-electron chi connectivity index (χ2n) is 8.33. The number of rotatable bonds is 4. The molecule has 0 radical (unpaired) electrons. The van der Waals surface area contributed by atoms with Crippen molar-refractivity contribution in [2.24, 2.45) is 5.41 Å². The molecule has 1 N–H and O–H groups in total. The predicted octanol–water partition coefficient (Wildman–Crippen LogP) is 4.37. The van der Waals surface area contributed by atoms with Crippen LogP contribution in [-0.2, 0) is 4.74 Å². The molecule has 2 atom stereocenters. The van der Waals surface area contributed by atoms with Gasteiger partial charge in [0.15, 0.2) is 0 Å². The molecule has 1 fully saturated rings. The van der Waals surface area contributed by atoms with Crippen LogP contribution in [0.2, 0.25) is 0 Å². The van der Waals surface area contributed by atoms with Crippen molar-refractivity contribution in [1.29, 1.82) is 0 Å². The van der Waals surface area contributed by atoms with Gasteiger partial charge in [0.2, 0.25) is 0 Å². The largest absolute Gasteiger partial charge is 0.444 e. The quantitative estimate of drug-likeness (QED) is 0.890. The molecule has 1 aliphatic heterocycles. The second kappa shape index (κ2) is 7.56. The highest BCUT2D eigenvalue weighted by Gasteiger charge is 2.35. The lowest BCUT2D eigenvalue weighted by atomic mass is 9.81. The Morgan fingerprint density at radius 1 is 1.33 bits per heavy atom. The van der Waals surface area contributed by atoms with Gasteiger partial charge in [0.25, 0.3) is 0 Å². The summed E-state index contributed by atoms with van der Waals surface area (Å²) in [7, 11) is 0. The van der Waals surface area contributed by atoms with Gasteiger partial charge in [0, 0.05) is 25.7 Å². The van der Waals surface area contributed by atoms with Crippen molar-refractivity contribution in [3.05, 3.63) is 35.9 Å². The summed E-state index contributed by atoms with van der Waals surface area (Å²) in [5.74, 6) is 0. The van der Waals surface area contributed by atoms with E-state index >= 15 is 0 Å². The van der Waals surface area contributed by atoms with Crippen LogP contribution in [0, 0.1) is 5.41 Å². The first-order valence-corrected chi connectivity index (χ1v) is 8.95. The predicted molar refractivity (Wildman–Crippen MR) is 98.0 cm³/mol. The SMILES string of the molecule is C[C@@H](NCC1(C)CCCN(C(=O)OC(C)(C)C)C1)c1ccccc1. The first-order chi connectivity index (χ1) is 11.2. The van der Waals surface area contributed by atoms with Crippen LogP contribution in [0.25, 0.3) is 0 Å². The molecule has 0 aromatic heterocycles. The Hall–Kier alpha value is -1.55. The van der Waals surface area contributed by atoms with Crippen molar-refractivity contribution < 1.29 is 9.53 Å². The maximum atomic E-state index is 12.3. The molecule has 1 aliphatic rings. The van der Waals surface area contributed by atoms with Crippen LogP contribution in [0.4, 0.5) is 4.79 Å². The normalized spacial score (nSPS) is 23.0. The molecule has 0 saturated carbocycles. The zero-order valence-corrected chi connectivity index (χ0v) is 15.8. The Balaban J connectivity index is 1.91. The van der Waals surface area contributed by atoms with Crippen LogP contribution in [0.3, 0.4) is 0 Å². The monoisotopic (exact) mass is 332 g/mol. The molecule has 24 heavy (non-hydrogen) atoms. The van der Waals surface area contributed by atoms with Crippen molar-refractivity contribution in [3.63, 3.8) is 0 Å². The van der Waals surface area contributed by atoms with E-state index in [9.17, 15) is 4.79 Å². The number of amides is 1. The molecule has 0 bridgehead atoms. The van der Waals surface area contributed by atoms with Crippen molar-refractivity contribution in [2.75, 3.05) is 19.6 Å². The Kier molecular flexibility index (Phi) is 5.92. The van der Waals surface area contributed by atoms with E-state index in [0.29, 0.717) is 6.04 Å². The first kappa shape index (κ1) is 18.8. The van der Waals surface area contributed by atoms with Crippen molar-refractivity contribution >= 4 is 6.09 Å². The van der Waals surface area contributed by atoms with Crippen LogP contribution in [0.1, 0.15) is 59.1 Å². The van der Waals surface area contributed by atoms with Crippen LogP contribution < -0.4 is 5.32 Å². The van der Waals surface area contributed by atoms with E-state index < -0.39 is 5.60 Å². The highest BCUT2D eigenvalue weighted by atomic mass is 16.6. The lowest BCUT2D eigenvalue weighted by molar-refractivity contribution is 0.00652. The van der Waals surface area contributed by atoms with Crippen LogP contribution >= 0.6 is 0 Å². The molecule has 134 valence electrons. The third-order valence-corrected chi connectivity index (χ3v) is 4.57. The fourth-order valence-electron chi connectivity index (χ4n) is 3.20. The van der Waals surface area contributed by atoms with Gasteiger partial charge in [-0.3, -0.25) is 0 Å². The summed E-state index contributed by atoms with van der Waals surface area (Å²) in [5.41, 5.74) is 0.935. The Morgan fingerprint density at radius 2 is 2.00 bits per heavy atom. The van der Waals surface area contributed by atoms with Crippen molar-refractivity contribution in [3.8, 4) is 0 Å². The number of hydrogen-bond acceptors (Lipinski definition) is 3. The molecule has 4 heteroatoms. The zero-order chi connectivity index (χ0) is 17.8. The summed E-state index contributed by atoms with van der Waals surface area (Å²) in [6.07, 6.45) is 1.96. The number of piperidine rings is 1. The summed E-state index contributed by atoms with van der Waals surface area (Å²) < 4.78 is 5.53. The van der Waals surface area contributed by atoms with Crippen LogP contribution in [-0.4, -0.2) is 36.2 Å². The molecule has 1 unspecified atom stereocenters. The molecule has 2 rings (SSSR count). The van der Waals surface area contributed by atoms with Gasteiger partial charge in [-0.25, -0.2) is 4.79 Å². The van der Waals surface area contributed by atoms with Gasteiger partial charge >= 0.3 is 6.09 Å². The summed E-state index contributed by atoms with van der Waals surface area (Å²) in [6.45, 7) is 12.6. The number of benzene rings is 1. The Labute approximate surface area is 146 Å². The van der Waals surface area contributed by atoms with Crippen molar-refractivity contribution in [1.82, 2.24) is 10.2 Å². The Bertz CT molecular complexity index is 538. The Morgan fingerprint density at radius 3 is 2.62 bits per heavy atom. The molecule has 0 spiro atoms. The molecular weight excluding hydrogens is 300 g/mol. The summed E-state index contributed by atoms with van der Waals surface area (Å²) >= 11 is 0. The zero-order valence-electron chi connectivity index (χ0n) is 15.8. The number of nitrogens with one attached hydrogen (secondary N) is 1. The van der Waals surface area contributed by atoms with Gasteiger partial charge in [0.05, 0.1) is 0 Å². The van der Waals surface area contributed by atoms with E-state index in [0.717, 1.165) is 32.5 Å². The molecule has 1 amide bonds. The maximum Gasteiger partial charge on any atom is 0.410 e. The molecule has 4 nitrogen and oxygen atoms in total. The lowest BCUT2D eigenvalue weighted by Crippen LogP contribution is -2.50. The number of carbonyl (C=O) groups excluding carboxylic acids is 1. The van der Waals surface area contributed by atoms with E-state index in [1.54, 1.807) is 0 Å². The minimum Gasteiger partial charge on any atom is -0.444 e. The third-order valence-electron chi connectivity index (χ3n) is 4.57. The van der Waals surface area contributed by atoms with Gasteiger partial charge < -0.3 is 15.0 Å². The van der Waals surface area contributed by atoms with Gasteiger partial charge in [0.1, 0.15) is 5.60 Å². The van der Waals surface area contributed by atoms with E-state index in [1.807, 2.05) is 31.7 Å². The summed E-state index contributed by atoms with van der Waals surface area (Å²) in [6, 6.07) is 10.8. The minimum absolute atomic E-state index is 0.0815. The van der Waals surface area contributed by atoms with Crippen LogP contribution in [0.15, 0.2) is 30.3 Å². The van der Waals surface area contributed by atoms with Gasteiger partial charge in [-0.2, -0.15) is 0 Å². The van der Waals surface area contributed by atoms with Gasteiger partial charge in [-0.15, -0.1) is 0 Å². The summed E-state index contributed by atoms with van der Waals surface area (Å²) in [5, 5.41) is 3.64. The molecule has 0 aliphatic carbocycles. The molecule has 1 heterocycles. The van der Waals surface area contributed by atoms with E-state index in [1.165, 1.54) is 5.56 Å². The maximum absolute atomic E-state index is 12.3.